The predicted octanol–water partition coefficient (Wildman–Crippen LogP) is 4.49. The number of halogens is 1. The van der Waals surface area contributed by atoms with Crippen LogP contribution in [0.25, 0.3) is 10.9 Å². The van der Waals surface area contributed by atoms with Gasteiger partial charge in [-0.05, 0) is 41.8 Å². The minimum atomic E-state index is -1.87. The molecule has 0 radical (unpaired) electrons. The van der Waals surface area contributed by atoms with E-state index in [-0.39, 0.29) is 18.5 Å². The van der Waals surface area contributed by atoms with Gasteiger partial charge in [-0.15, -0.1) is 0 Å². The summed E-state index contributed by atoms with van der Waals surface area (Å²) in [5.74, 6) is -1.39. The standard InChI is InChI=1S/C28H25FN2O3/c29-22-8-5-7-20(14-22)26(32)16-28(34)18-31(25-11-4-1-6-19(25)15-27(28)33)13-12-21-17-30-24-10-3-2-9-23(21)24/h1-11,14,17,30,34H,12-13,15-16,18H2. The van der Waals surface area contributed by atoms with Crippen molar-refractivity contribution in [1.82, 2.24) is 4.98 Å². The number of aromatic amines is 1. The fourth-order valence-corrected chi connectivity index (χ4v) is 4.77. The Balaban J connectivity index is 1.43. The van der Waals surface area contributed by atoms with E-state index in [1.807, 2.05) is 53.6 Å². The number of carbonyl (C=O) groups excluding carboxylic acids is 2. The molecular weight excluding hydrogens is 431 g/mol. The number of anilines is 1. The summed E-state index contributed by atoms with van der Waals surface area (Å²) in [5.41, 5.74) is 2.17. The van der Waals surface area contributed by atoms with Gasteiger partial charge in [0.2, 0.25) is 0 Å². The van der Waals surface area contributed by atoms with Gasteiger partial charge < -0.3 is 15.0 Å². The Morgan fingerprint density at radius 1 is 1.06 bits per heavy atom. The first-order chi connectivity index (χ1) is 16.4. The number of ketones is 2. The third-order valence-electron chi connectivity index (χ3n) is 6.58. The van der Waals surface area contributed by atoms with Crippen molar-refractivity contribution in [2.45, 2.75) is 24.9 Å². The monoisotopic (exact) mass is 456 g/mol. The number of H-pyrrole nitrogens is 1. The second-order valence-corrected chi connectivity index (χ2v) is 8.90. The number of β-amino-alcohol motifs (C(OH)–C–C–N with tert-alkyl or cyclic N) is 1. The van der Waals surface area contributed by atoms with E-state index in [1.54, 1.807) is 0 Å². The molecular formula is C28H25FN2O3. The molecule has 4 aromatic rings. The van der Waals surface area contributed by atoms with Gasteiger partial charge in [-0.2, -0.15) is 0 Å². The third kappa shape index (κ3) is 4.24. The first-order valence-electron chi connectivity index (χ1n) is 11.4. The number of nitrogens with one attached hydrogen (secondary N) is 1. The van der Waals surface area contributed by atoms with Crippen molar-refractivity contribution in [3.63, 3.8) is 0 Å². The van der Waals surface area contributed by atoms with E-state index >= 15 is 0 Å². The zero-order chi connectivity index (χ0) is 23.7. The minimum Gasteiger partial charge on any atom is -0.380 e. The number of carbonyl (C=O) groups is 2. The number of nitrogens with zero attached hydrogens (tertiary/aromatic N) is 1. The molecule has 3 aromatic carbocycles. The average Bonchev–Trinajstić information content (AvgIpc) is 3.21. The predicted molar refractivity (Wildman–Crippen MR) is 130 cm³/mol. The molecule has 0 saturated heterocycles. The lowest BCUT2D eigenvalue weighted by atomic mass is 9.87. The zero-order valence-electron chi connectivity index (χ0n) is 18.6. The van der Waals surface area contributed by atoms with Gasteiger partial charge in [0.1, 0.15) is 11.4 Å². The van der Waals surface area contributed by atoms with Gasteiger partial charge in [-0.3, -0.25) is 9.59 Å². The minimum absolute atomic E-state index is 0.00768. The van der Waals surface area contributed by atoms with Crippen LogP contribution in [0.4, 0.5) is 10.1 Å². The highest BCUT2D eigenvalue weighted by molar-refractivity contribution is 6.02. The van der Waals surface area contributed by atoms with E-state index in [0.717, 1.165) is 33.8 Å². The van der Waals surface area contributed by atoms with Gasteiger partial charge in [0.25, 0.3) is 0 Å². The fraction of sp³-hybridized carbons (Fsp3) is 0.214. The molecule has 1 aliphatic heterocycles. The van der Waals surface area contributed by atoms with E-state index in [1.165, 1.54) is 18.2 Å². The first-order valence-corrected chi connectivity index (χ1v) is 11.4. The Labute approximate surface area is 196 Å². The van der Waals surface area contributed by atoms with Crippen molar-refractivity contribution >= 4 is 28.2 Å². The van der Waals surface area contributed by atoms with Gasteiger partial charge in [0, 0.05) is 47.7 Å². The molecule has 172 valence electrons. The SMILES string of the molecule is O=C(CC1(O)CN(CCc2c[nH]c3ccccc23)c2ccccc2CC1=O)c1cccc(F)c1. The van der Waals surface area contributed by atoms with Gasteiger partial charge in [0.05, 0.1) is 6.54 Å². The topological polar surface area (TPSA) is 73.4 Å². The van der Waals surface area contributed by atoms with Crippen LogP contribution >= 0.6 is 0 Å². The number of aromatic nitrogens is 1. The number of benzene rings is 3. The summed E-state index contributed by atoms with van der Waals surface area (Å²) >= 11 is 0. The van der Waals surface area contributed by atoms with Gasteiger partial charge in [-0.25, -0.2) is 4.39 Å². The van der Waals surface area contributed by atoms with Crippen molar-refractivity contribution in [3.8, 4) is 0 Å². The molecule has 1 aromatic heterocycles. The highest BCUT2D eigenvalue weighted by Crippen LogP contribution is 2.31. The number of para-hydroxylation sites is 2. The Morgan fingerprint density at radius 2 is 1.85 bits per heavy atom. The van der Waals surface area contributed by atoms with Crippen molar-refractivity contribution in [2.75, 3.05) is 18.0 Å². The molecule has 0 saturated carbocycles. The zero-order valence-corrected chi connectivity index (χ0v) is 18.6. The Hall–Kier alpha value is -3.77. The second-order valence-electron chi connectivity index (χ2n) is 8.90. The Kier molecular flexibility index (Phi) is 5.75. The quantitative estimate of drug-likeness (QED) is 0.420. The summed E-state index contributed by atoms with van der Waals surface area (Å²) in [6, 6.07) is 21.0. The summed E-state index contributed by atoms with van der Waals surface area (Å²) in [6.45, 7) is 0.550. The number of fused-ring (bicyclic) bond motifs is 2. The molecule has 6 heteroatoms. The number of hydrogen-bond donors (Lipinski definition) is 2. The highest BCUT2D eigenvalue weighted by atomic mass is 19.1. The summed E-state index contributed by atoms with van der Waals surface area (Å²) in [7, 11) is 0. The molecule has 1 unspecified atom stereocenters. The van der Waals surface area contributed by atoms with E-state index < -0.39 is 29.4 Å². The van der Waals surface area contributed by atoms with Crippen LogP contribution in [0.15, 0.2) is 79.0 Å². The van der Waals surface area contributed by atoms with Crippen molar-refractivity contribution in [1.29, 1.82) is 0 Å². The highest BCUT2D eigenvalue weighted by Gasteiger charge is 2.42. The van der Waals surface area contributed by atoms with Crippen molar-refractivity contribution in [2.24, 2.45) is 0 Å². The van der Waals surface area contributed by atoms with Crippen LogP contribution in [-0.4, -0.2) is 40.3 Å². The van der Waals surface area contributed by atoms with E-state index in [2.05, 4.69) is 11.1 Å². The van der Waals surface area contributed by atoms with Crippen LogP contribution in [0.1, 0.15) is 27.9 Å². The van der Waals surface area contributed by atoms with E-state index in [0.29, 0.717) is 13.0 Å². The van der Waals surface area contributed by atoms with E-state index in [9.17, 15) is 19.1 Å². The molecule has 0 aliphatic carbocycles. The second kappa shape index (κ2) is 8.88. The molecule has 5 nitrogen and oxygen atoms in total. The normalized spacial score (nSPS) is 18.1. The largest absolute Gasteiger partial charge is 0.380 e. The maximum atomic E-state index is 13.6. The summed E-state index contributed by atoms with van der Waals surface area (Å²) in [5, 5.41) is 12.6. The van der Waals surface area contributed by atoms with Crippen LogP contribution in [0.5, 0.6) is 0 Å². The molecule has 0 fully saturated rings. The lowest BCUT2D eigenvalue weighted by Crippen LogP contribution is -2.50. The maximum absolute atomic E-state index is 13.6. The molecule has 1 aliphatic rings. The number of Topliss-reactive ketones (excluding diaryl/α,β-unsaturated/α-hetero) is 2. The average molecular weight is 457 g/mol. The molecule has 0 bridgehead atoms. The van der Waals surface area contributed by atoms with Crippen LogP contribution in [0, 0.1) is 5.82 Å². The van der Waals surface area contributed by atoms with Gasteiger partial charge >= 0.3 is 0 Å². The molecule has 5 rings (SSSR count). The maximum Gasteiger partial charge on any atom is 0.171 e. The third-order valence-corrected chi connectivity index (χ3v) is 6.58. The van der Waals surface area contributed by atoms with Crippen molar-refractivity contribution < 1.29 is 19.1 Å². The molecule has 1 atom stereocenters. The smallest absolute Gasteiger partial charge is 0.171 e. The van der Waals surface area contributed by atoms with Gasteiger partial charge in [-0.1, -0.05) is 48.5 Å². The first kappa shape index (κ1) is 22.0. The van der Waals surface area contributed by atoms with Crippen LogP contribution in [-0.2, 0) is 17.6 Å². The molecule has 2 heterocycles. The molecule has 2 N–H and O–H groups in total. The fourth-order valence-electron chi connectivity index (χ4n) is 4.77. The lowest BCUT2D eigenvalue weighted by molar-refractivity contribution is -0.135. The Morgan fingerprint density at radius 3 is 2.71 bits per heavy atom. The molecule has 34 heavy (non-hydrogen) atoms. The lowest BCUT2D eigenvalue weighted by Gasteiger charge is -2.32. The van der Waals surface area contributed by atoms with Crippen LogP contribution < -0.4 is 4.90 Å². The van der Waals surface area contributed by atoms with Crippen molar-refractivity contribution in [3.05, 3.63) is 102 Å². The van der Waals surface area contributed by atoms with Crippen LogP contribution in [0.2, 0.25) is 0 Å². The summed E-state index contributed by atoms with van der Waals surface area (Å²) < 4.78 is 13.6. The number of aliphatic hydroxyl groups is 1. The van der Waals surface area contributed by atoms with Crippen LogP contribution in [0.3, 0.4) is 0 Å². The van der Waals surface area contributed by atoms with Gasteiger partial charge in [0.15, 0.2) is 11.6 Å². The number of hydrogen-bond acceptors (Lipinski definition) is 4. The molecule has 0 spiro atoms. The number of rotatable bonds is 6. The summed E-state index contributed by atoms with van der Waals surface area (Å²) in [4.78, 5) is 31.3. The molecule has 0 amide bonds. The Bertz CT molecular complexity index is 1380. The van der Waals surface area contributed by atoms with E-state index in [4.69, 9.17) is 0 Å². The summed E-state index contributed by atoms with van der Waals surface area (Å²) in [6.07, 6.45) is 2.32.